The third-order valence-electron chi connectivity index (χ3n) is 3.09. The van der Waals surface area contributed by atoms with Gasteiger partial charge < -0.3 is 10.1 Å². The maximum absolute atomic E-state index is 12.0. The van der Waals surface area contributed by atoms with E-state index in [2.05, 4.69) is 10.1 Å². The number of carbonyl (C=O) groups excluding carboxylic acids is 1. The number of esters is 1. The molecule has 6 heteroatoms. The Hall–Kier alpha value is -1.40. The van der Waals surface area contributed by atoms with Gasteiger partial charge in [0.1, 0.15) is 0 Å². The third kappa shape index (κ3) is 5.30. The van der Waals surface area contributed by atoms with E-state index >= 15 is 0 Å². The molecule has 20 heavy (non-hydrogen) atoms. The zero-order valence-corrected chi connectivity index (χ0v) is 12.9. The molecule has 112 valence electrons. The molecule has 0 bridgehead atoms. The van der Waals surface area contributed by atoms with Gasteiger partial charge in [-0.25, -0.2) is 8.42 Å². The third-order valence-corrected chi connectivity index (χ3v) is 4.76. The molecular weight excluding hydrogens is 278 g/mol. The molecule has 1 rings (SSSR count). The summed E-state index contributed by atoms with van der Waals surface area (Å²) in [6.07, 6.45) is -0.108. The van der Waals surface area contributed by atoms with Gasteiger partial charge in [0.2, 0.25) is 0 Å². The van der Waals surface area contributed by atoms with Crippen LogP contribution in [0.3, 0.4) is 0 Å². The SMILES string of the molecule is CNC(CS(=O)(=O)CCC(=O)OC)c1ccc(C)cc1. The minimum atomic E-state index is -3.32. The van der Waals surface area contributed by atoms with Crippen LogP contribution in [0.15, 0.2) is 24.3 Å². The zero-order chi connectivity index (χ0) is 15.2. The van der Waals surface area contributed by atoms with Crippen molar-refractivity contribution in [1.29, 1.82) is 0 Å². The van der Waals surface area contributed by atoms with E-state index in [1.165, 1.54) is 7.11 Å². The molecule has 0 aliphatic carbocycles. The molecule has 1 aromatic carbocycles. The van der Waals surface area contributed by atoms with Gasteiger partial charge in [0.15, 0.2) is 9.84 Å². The Morgan fingerprint density at radius 2 is 1.90 bits per heavy atom. The summed E-state index contributed by atoms with van der Waals surface area (Å²) in [6, 6.07) is 7.43. The summed E-state index contributed by atoms with van der Waals surface area (Å²) < 4.78 is 28.5. The molecule has 1 unspecified atom stereocenters. The summed E-state index contributed by atoms with van der Waals surface area (Å²) in [6.45, 7) is 1.98. The van der Waals surface area contributed by atoms with Crippen molar-refractivity contribution in [2.75, 3.05) is 25.7 Å². The topological polar surface area (TPSA) is 72.5 Å². The van der Waals surface area contributed by atoms with Crippen LogP contribution in [-0.2, 0) is 19.4 Å². The van der Waals surface area contributed by atoms with E-state index in [1.807, 2.05) is 31.2 Å². The van der Waals surface area contributed by atoms with Crippen LogP contribution < -0.4 is 5.32 Å². The van der Waals surface area contributed by atoms with E-state index in [0.717, 1.165) is 11.1 Å². The summed E-state index contributed by atoms with van der Waals surface area (Å²) in [5.74, 6) is -0.738. The van der Waals surface area contributed by atoms with E-state index in [4.69, 9.17) is 0 Å². The van der Waals surface area contributed by atoms with Gasteiger partial charge in [0, 0.05) is 6.04 Å². The molecule has 1 N–H and O–H groups in total. The second-order valence-electron chi connectivity index (χ2n) is 4.69. The number of benzene rings is 1. The van der Waals surface area contributed by atoms with Gasteiger partial charge in [-0.3, -0.25) is 4.79 Å². The van der Waals surface area contributed by atoms with Crippen molar-refractivity contribution in [2.45, 2.75) is 19.4 Å². The van der Waals surface area contributed by atoms with Crippen LogP contribution in [0, 0.1) is 6.92 Å². The number of aryl methyl sites for hydroxylation is 1. The number of ether oxygens (including phenoxy) is 1. The fraction of sp³-hybridized carbons (Fsp3) is 0.500. The normalized spacial score (nSPS) is 12.9. The molecule has 5 nitrogen and oxygen atoms in total. The lowest BCUT2D eigenvalue weighted by Gasteiger charge is -2.17. The van der Waals surface area contributed by atoms with Gasteiger partial charge in [-0.15, -0.1) is 0 Å². The quantitative estimate of drug-likeness (QED) is 0.767. The van der Waals surface area contributed by atoms with Crippen molar-refractivity contribution in [3.8, 4) is 0 Å². The van der Waals surface area contributed by atoms with Gasteiger partial charge in [-0.05, 0) is 19.5 Å². The number of rotatable bonds is 7. The lowest BCUT2D eigenvalue weighted by molar-refractivity contribution is -0.140. The summed E-state index contributed by atoms with van der Waals surface area (Å²) in [5, 5.41) is 3.00. The number of nitrogens with one attached hydrogen (secondary N) is 1. The molecule has 1 atom stereocenters. The van der Waals surface area contributed by atoms with Crippen LogP contribution in [0.5, 0.6) is 0 Å². The molecule has 1 aromatic rings. The first kappa shape index (κ1) is 16.7. The molecule has 0 saturated carbocycles. The predicted octanol–water partition coefficient (Wildman–Crippen LogP) is 1.23. The van der Waals surface area contributed by atoms with Crippen molar-refractivity contribution in [3.63, 3.8) is 0 Å². The molecule has 0 heterocycles. The Balaban J connectivity index is 2.72. The van der Waals surface area contributed by atoms with E-state index in [-0.39, 0.29) is 24.0 Å². The second kappa shape index (κ2) is 7.40. The highest BCUT2D eigenvalue weighted by Crippen LogP contribution is 2.16. The lowest BCUT2D eigenvalue weighted by atomic mass is 10.1. The highest BCUT2D eigenvalue weighted by Gasteiger charge is 2.20. The van der Waals surface area contributed by atoms with Crippen molar-refractivity contribution in [1.82, 2.24) is 5.32 Å². The van der Waals surface area contributed by atoms with Gasteiger partial charge >= 0.3 is 5.97 Å². The van der Waals surface area contributed by atoms with Crippen LogP contribution in [0.2, 0.25) is 0 Å². The number of sulfone groups is 1. The summed E-state index contributed by atoms with van der Waals surface area (Å²) in [7, 11) is -0.349. The van der Waals surface area contributed by atoms with Crippen LogP contribution in [0.25, 0.3) is 0 Å². The molecular formula is C14H21NO4S. The van der Waals surface area contributed by atoms with Gasteiger partial charge in [-0.2, -0.15) is 0 Å². The predicted molar refractivity (Wildman–Crippen MR) is 78.3 cm³/mol. The minimum Gasteiger partial charge on any atom is -0.469 e. The highest BCUT2D eigenvalue weighted by atomic mass is 32.2. The van der Waals surface area contributed by atoms with Gasteiger partial charge in [0.25, 0.3) is 0 Å². The standard InChI is InChI=1S/C14H21NO4S/c1-11-4-6-12(7-5-11)13(15-2)10-20(17,18)9-8-14(16)19-3/h4-7,13,15H,8-10H2,1-3H3. The second-order valence-corrected chi connectivity index (χ2v) is 6.92. The first-order chi connectivity index (χ1) is 9.38. The van der Waals surface area contributed by atoms with E-state index < -0.39 is 15.8 Å². The Kier molecular flexibility index (Phi) is 6.16. The lowest BCUT2D eigenvalue weighted by Crippen LogP contribution is -2.27. The van der Waals surface area contributed by atoms with Crippen molar-refractivity contribution in [3.05, 3.63) is 35.4 Å². The number of hydrogen-bond donors (Lipinski definition) is 1. The van der Waals surface area contributed by atoms with Crippen molar-refractivity contribution < 1.29 is 17.9 Å². The average molecular weight is 299 g/mol. The van der Waals surface area contributed by atoms with Crippen LogP contribution in [-0.4, -0.2) is 40.1 Å². The molecule has 0 radical (unpaired) electrons. The van der Waals surface area contributed by atoms with E-state index in [9.17, 15) is 13.2 Å². The van der Waals surface area contributed by atoms with E-state index in [1.54, 1.807) is 7.05 Å². The largest absolute Gasteiger partial charge is 0.469 e. The number of hydrogen-bond acceptors (Lipinski definition) is 5. The fourth-order valence-corrected chi connectivity index (χ4v) is 3.33. The number of methoxy groups -OCH3 is 1. The first-order valence-corrected chi connectivity index (χ1v) is 8.21. The van der Waals surface area contributed by atoms with Crippen molar-refractivity contribution in [2.24, 2.45) is 0 Å². The smallest absolute Gasteiger partial charge is 0.306 e. The van der Waals surface area contributed by atoms with Crippen LogP contribution >= 0.6 is 0 Å². The van der Waals surface area contributed by atoms with Crippen LogP contribution in [0.4, 0.5) is 0 Å². The summed E-state index contributed by atoms with van der Waals surface area (Å²) in [4.78, 5) is 11.0. The molecule has 0 aliphatic rings. The Bertz CT molecular complexity index is 537. The Morgan fingerprint density at radius 1 is 1.30 bits per heavy atom. The van der Waals surface area contributed by atoms with Gasteiger partial charge in [0.05, 0.1) is 25.0 Å². The average Bonchev–Trinajstić information content (AvgIpc) is 2.43. The monoisotopic (exact) mass is 299 g/mol. The highest BCUT2D eigenvalue weighted by molar-refractivity contribution is 7.91. The molecule has 0 amide bonds. The Morgan fingerprint density at radius 3 is 2.40 bits per heavy atom. The Labute approximate surface area is 120 Å². The summed E-state index contributed by atoms with van der Waals surface area (Å²) in [5.41, 5.74) is 2.04. The molecule has 0 aliphatic heterocycles. The molecule has 0 saturated heterocycles. The molecule has 0 spiro atoms. The van der Waals surface area contributed by atoms with Gasteiger partial charge in [-0.1, -0.05) is 29.8 Å². The maximum atomic E-state index is 12.0. The van der Waals surface area contributed by atoms with Crippen molar-refractivity contribution >= 4 is 15.8 Å². The minimum absolute atomic E-state index is 0.0381. The zero-order valence-electron chi connectivity index (χ0n) is 12.0. The maximum Gasteiger partial charge on any atom is 0.306 e. The fourth-order valence-electron chi connectivity index (χ4n) is 1.82. The summed E-state index contributed by atoms with van der Waals surface area (Å²) >= 11 is 0. The van der Waals surface area contributed by atoms with E-state index in [0.29, 0.717) is 0 Å². The number of carbonyl (C=O) groups is 1. The molecule has 0 aromatic heterocycles. The molecule has 0 fully saturated rings. The first-order valence-electron chi connectivity index (χ1n) is 6.39. The van der Waals surface area contributed by atoms with Crippen LogP contribution in [0.1, 0.15) is 23.6 Å².